The van der Waals surface area contributed by atoms with Crippen LogP contribution in [0.25, 0.3) is 116 Å². The van der Waals surface area contributed by atoms with Crippen LogP contribution in [0.15, 0.2) is 186 Å². The van der Waals surface area contributed by atoms with Gasteiger partial charge in [0.25, 0.3) is 0 Å². The van der Waals surface area contributed by atoms with Crippen molar-refractivity contribution >= 4 is 82.3 Å². The molecule has 0 radical (unpaired) electrons. The SMILES string of the molecule is C1=CC2CC2c2oc3c(c(-c4ccc(-c5cc(-n6c7ccccc7c7ccccc76)cc(-n6c7ccccc7c7ccccc76)c5)cc4)nc4cc5ccccc5cc43)c21. The van der Waals surface area contributed by atoms with Crippen LogP contribution < -0.4 is 0 Å². The second-order valence-electron chi connectivity index (χ2n) is 16.7. The first kappa shape index (κ1) is 32.3. The van der Waals surface area contributed by atoms with E-state index in [9.17, 15) is 0 Å². The number of pyridine rings is 1. The summed E-state index contributed by atoms with van der Waals surface area (Å²) >= 11 is 0. The van der Waals surface area contributed by atoms with E-state index in [-0.39, 0.29) is 0 Å². The van der Waals surface area contributed by atoms with E-state index in [1.807, 2.05) is 0 Å². The van der Waals surface area contributed by atoms with Crippen molar-refractivity contribution in [2.45, 2.75) is 12.3 Å². The van der Waals surface area contributed by atoms with Crippen LogP contribution in [0.4, 0.5) is 0 Å². The molecule has 12 aromatic rings. The average molecular weight is 766 g/mol. The normalized spacial score (nSPS) is 15.9. The number of fused-ring (bicyclic) bond motifs is 14. The molecule has 2 aliphatic carbocycles. The molecular formula is C56H35N3O. The van der Waals surface area contributed by atoms with Gasteiger partial charge >= 0.3 is 0 Å². The van der Waals surface area contributed by atoms with Crippen LogP contribution in [0.5, 0.6) is 0 Å². The van der Waals surface area contributed by atoms with Gasteiger partial charge in [0.05, 0.1) is 38.7 Å². The zero-order valence-electron chi connectivity index (χ0n) is 32.5. The van der Waals surface area contributed by atoms with Crippen LogP contribution in [-0.4, -0.2) is 14.1 Å². The second kappa shape index (κ2) is 11.9. The molecule has 4 heterocycles. The molecule has 280 valence electrons. The summed E-state index contributed by atoms with van der Waals surface area (Å²) in [4.78, 5) is 5.46. The van der Waals surface area contributed by atoms with Crippen molar-refractivity contribution in [3.8, 4) is 33.8 Å². The molecule has 14 rings (SSSR count). The Kier molecular flexibility index (Phi) is 6.42. The first-order chi connectivity index (χ1) is 29.7. The summed E-state index contributed by atoms with van der Waals surface area (Å²) in [6.07, 6.45) is 5.82. The number of rotatable bonds is 4. The number of nitrogens with zero attached hydrogens (tertiary/aromatic N) is 3. The van der Waals surface area contributed by atoms with Crippen molar-refractivity contribution in [2.24, 2.45) is 5.92 Å². The fourth-order valence-corrected chi connectivity index (χ4v) is 10.4. The number of hydrogen-bond acceptors (Lipinski definition) is 2. The summed E-state index contributed by atoms with van der Waals surface area (Å²) in [5.41, 5.74) is 14.4. The minimum absolute atomic E-state index is 0.466. The summed E-state index contributed by atoms with van der Waals surface area (Å²) in [6.45, 7) is 0. The second-order valence-corrected chi connectivity index (χ2v) is 16.7. The van der Waals surface area contributed by atoms with Crippen molar-refractivity contribution in [2.75, 3.05) is 0 Å². The van der Waals surface area contributed by atoms with Gasteiger partial charge in [-0.05, 0) is 88.8 Å². The van der Waals surface area contributed by atoms with Gasteiger partial charge in [-0.1, -0.05) is 133 Å². The molecule has 0 spiro atoms. The molecule has 4 heteroatoms. The van der Waals surface area contributed by atoms with Crippen molar-refractivity contribution in [3.05, 3.63) is 193 Å². The third kappa shape index (κ3) is 4.53. The Labute approximate surface area is 344 Å². The van der Waals surface area contributed by atoms with Crippen LogP contribution in [0.1, 0.15) is 23.7 Å². The van der Waals surface area contributed by atoms with Gasteiger partial charge < -0.3 is 13.6 Å². The van der Waals surface area contributed by atoms with Gasteiger partial charge in [0.15, 0.2) is 0 Å². The lowest BCUT2D eigenvalue weighted by Gasteiger charge is -2.16. The smallest absolute Gasteiger partial charge is 0.146 e. The molecule has 4 nitrogen and oxygen atoms in total. The lowest BCUT2D eigenvalue weighted by Crippen LogP contribution is -2.00. The Morgan fingerprint density at radius 1 is 0.483 bits per heavy atom. The van der Waals surface area contributed by atoms with E-state index in [1.165, 1.54) is 59.9 Å². The van der Waals surface area contributed by atoms with E-state index >= 15 is 0 Å². The largest absolute Gasteiger partial charge is 0.459 e. The third-order valence-corrected chi connectivity index (χ3v) is 13.3. The van der Waals surface area contributed by atoms with Gasteiger partial charge in [-0.25, -0.2) is 4.98 Å². The number of furan rings is 1. The number of para-hydroxylation sites is 4. The molecule has 1 fully saturated rings. The molecule has 1 saturated carbocycles. The number of hydrogen-bond donors (Lipinski definition) is 0. The van der Waals surface area contributed by atoms with E-state index in [0.29, 0.717) is 11.8 Å². The molecule has 0 bridgehead atoms. The highest BCUT2D eigenvalue weighted by molar-refractivity contribution is 6.15. The third-order valence-electron chi connectivity index (χ3n) is 13.3. The average Bonchev–Trinajstić information content (AvgIpc) is 3.72. The van der Waals surface area contributed by atoms with Gasteiger partial charge in [0, 0.05) is 55.4 Å². The Morgan fingerprint density at radius 2 is 1.00 bits per heavy atom. The summed E-state index contributed by atoms with van der Waals surface area (Å²) in [6, 6.07) is 64.2. The highest BCUT2D eigenvalue weighted by atomic mass is 16.3. The Bertz CT molecular complexity index is 3580. The van der Waals surface area contributed by atoms with Crippen molar-refractivity contribution in [3.63, 3.8) is 0 Å². The molecule has 8 aromatic carbocycles. The molecule has 0 N–H and O–H groups in total. The van der Waals surface area contributed by atoms with Gasteiger partial charge in [-0.2, -0.15) is 0 Å². The van der Waals surface area contributed by atoms with Gasteiger partial charge in [-0.3, -0.25) is 0 Å². The summed E-state index contributed by atoms with van der Waals surface area (Å²) < 4.78 is 11.7. The van der Waals surface area contributed by atoms with Crippen LogP contribution in [0.3, 0.4) is 0 Å². The highest BCUT2D eigenvalue weighted by Crippen LogP contribution is 2.56. The lowest BCUT2D eigenvalue weighted by molar-refractivity contribution is 0.547. The van der Waals surface area contributed by atoms with E-state index in [0.717, 1.165) is 67.8 Å². The zero-order chi connectivity index (χ0) is 39.1. The highest BCUT2D eigenvalue weighted by Gasteiger charge is 2.43. The monoisotopic (exact) mass is 765 g/mol. The van der Waals surface area contributed by atoms with Crippen LogP contribution in [0.2, 0.25) is 0 Å². The van der Waals surface area contributed by atoms with Crippen LogP contribution in [-0.2, 0) is 0 Å². The van der Waals surface area contributed by atoms with Gasteiger partial charge in [0.1, 0.15) is 11.3 Å². The summed E-state index contributed by atoms with van der Waals surface area (Å²) in [7, 11) is 0. The van der Waals surface area contributed by atoms with E-state index < -0.39 is 0 Å². The van der Waals surface area contributed by atoms with Crippen LogP contribution in [0, 0.1) is 5.92 Å². The predicted octanol–water partition coefficient (Wildman–Crippen LogP) is 14.8. The first-order valence-corrected chi connectivity index (χ1v) is 20.9. The molecule has 2 unspecified atom stereocenters. The maximum Gasteiger partial charge on any atom is 0.146 e. The molecule has 2 atom stereocenters. The number of benzene rings is 8. The Morgan fingerprint density at radius 3 is 1.58 bits per heavy atom. The molecule has 0 aliphatic heterocycles. The lowest BCUT2D eigenvalue weighted by atomic mass is 9.95. The summed E-state index contributed by atoms with van der Waals surface area (Å²) in [5, 5.41) is 9.55. The molecule has 4 aromatic heterocycles. The van der Waals surface area contributed by atoms with Crippen molar-refractivity contribution in [1.82, 2.24) is 14.1 Å². The van der Waals surface area contributed by atoms with Crippen LogP contribution >= 0.6 is 0 Å². The van der Waals surface area contributed by atoms with Crippen molar-refractivity contribution in [1.29, 1.82) is 0 Å². The molecular weight excluding hydrogens is 731 g/mol. The number of allylic oxidation sites excluding steroid dienone is 1. The van der Waals surface area contributed by atoms with Gasteiger partial charge in [-0.15, -0.1) is 0 Å². The van der Waals surface area contributed by atoms with E-state index in [2.05, 4.69) is 197 Å². The minimum atomic E-state index is 0.466. The van der Waals surface area contributed by atoms with Gasteiger partial charge in [0.2, 0.25) is 0 Å². The maximum absolute atomic E-state index is 6.89. The Hall–Kier alpha value is -7.69. The fourth-order valence-electron chi connectivity index (χ4n) is 10.4. The number of aromatic nitrogens is 3. The molecule has 0 amide bonds. The molecule has 0 saturated heterocycles. The predicted molar refractivity (Wildman–Crippen MR) is 248 cm³/mol. The quantitative estimate of drug-likeness (QED) is 0.167. The standard InChI is InChI=1S/C56H35N3O/c1-2-12-36-31-48-47(29-35(36)11-1)56-53(45-26-25-37-30-46(37)55(45)60-56)54(57-48)34-23-21-33(22-24-34)38-27-39(58-49-17-7-3-13-41(49)42-14-4-8-18-50(42)58)32-40(28-38)59-51-19-9-5-15-43(51)44-16-6-10-20-52(44)59/h1-29,31-32,37,46H,30H2. The van der Waals surface area contributed by atoms with E-state index in [4.69, 9.17) is 9.40 Å². The molecule has 2 aliphatic rings. The maximum atomic E-state index is 6.89. The van der Waals surface area contributed by atoms with E-state index in [1.54, 1.807) is 0 Å². The Balaban J connectivity index is 0.997. The minimum Gasteiger partial charge on any atom is -0.459 e. The summed E-state index contributed by atoms with van der Waals surface area (Å²) in [5.74, 6) is 2.18. The topological polar surface area (TPSA) is 35.9 Å². The van der Waals surface area contributed by atoms with Crippen molar-refractivity contribution < 1.29 is 4.42 Å². The fraction of sp³-hybridized carbons (Fsp3) is 0.0536. The molecule has 60 heavy (non-hydrogen) atoms. The first-order valence-electron chi connectivity index (χ1n) is 20.9. The zero-order valence-corrected chi connectivity index (χ0v) is 32.5.